The van der Waals surface area contributed by atoms with E-state index in [1.807, 2.05) is 30.3 Å². The van der Waals surface area contributed by atoms with Crippen LogP contribution in [0.1, 0.15) is 5.56 Å². The lowest BCUT2D eigenvalue weighted by Crippen LogP contribution is -2.46. The summed E-state index contributed by atoms with van der Waals surface area (Å²) in [5, 5.41) is 5.39. The van der Waals surface area contributed by atoms with Gasteiger partial charge in [-0.2, -0.15) is 0 Å². The summed E-state index contributed by atoms with van der Waals surface area (Å²) in [6, 6.07) is 9.30. The largest absolute Gasteiger partial charge is 0.368 e. The van der Waals surface area contributed by atoms with Crippen LogP contribution in [0.2, 0.25) is 0 Å². The average Bonchev–Trinajstić information content (AvgIpc) is 2.34. The summed E-state index contributed by atoms with van der Waals surface area (Å²) in [4.78, 5) is 22.3. The third kappa shape index (κ3) is 4.65. The van der Waals surface area contributed by atoms with Crippen LogP contribution < -0.4 is 16.4 Å². The quantitative estimate of drug-likeness (QED) is 0.616. The smallest absolute Gasteiger partial charge is 0.237 e. The molecule has 92 valence electrons. The first-order valence-electron chi connectivity index (χ1n) is 5.40. The van der Waals surface area contributed by atoms with Gasteiger partial charge in [0.15, 0.2) is 0 Å². The fraction of sp³-hybridized carbons (Fsp3) is 0.333. The number of likely N-dealkylation sites (N-methyl/N-ethyl adjacent to an activating group) is 1. The van der Waals surface area contributed by atoms with E-state index >= 15 is 0 Å². The second-order valence-corrected chi connectivity index (χ2v) is 3.72. The van der Waals surface area contributed by atoms with E-state index in [-0.39, 0.29) is 18.5 Å². The standard InChI is InChI=1S/C12H17N3O2/c1-14-10(12(17)15-8-11(13)16)7-9-5-3-2-4-6-9/h2-6,10,14H,7-8H2,1H3,(H2,13,16)(H,15,17). The Labute approximate surface area is 100 Å². The molecule has 5 heteroatoms. The zero-order chi connectivity index (χ0) is 12.7. The summed E-state index contributed by atoms with van der Waals surface area (Å²) < 4.78 is 0. The molecule has 1 rings (SSSR count). The number of amides is 2. The van der Waals surface area contributed by atoms with Crippen molar-refractivity contribution >= 4 is 11.8 Å². The molecule has 4 N–H and O–H groups in total. The molecular weight excluding hydrogens is 218 g/mol. The molecule has 0 bridgehead atoms. The second kappa shape index (κ2) is 6.65. The molecule has 0 heterocycles. The molecule has 0 saturated carbocycles. The van der Waals surface area contributed by atoms with Gasteiger partial charge in [0.05, 0.1) is 12.6 Å². The van der Waals surface area contributed by atoms with Gasteiger partial charge in [-0.3, -0.25) is 9.59 Å². The number of hydrogen-bond donors (Lipinski definition) is 3. The number of carbonyl (C=O) groups excluding carboxylic acids is 2. The first-order chi connectivity index (χ1) is 8.13. The van der Waals surface area contributed by atoms with Crippen LogP contribution in [0.4, 0.5) is 0 Å². The van der Waals surface area contributed by atoms with Gasteiger partial charge < -0.3 is 16.4 Å². The number of nitrogens with one attached hydrogen (secondary N) is 2. The normalized spacial score (nSPS) is 11.8. The third-order valence-corrected chi connectivity index (χ3v) is 2.38. The maximum Gasteiger partial charge on any atom is 0.237 e. The maximum absolute atomic E-state index is 11.7. The molecule has 1 aromatic rings. The summed E-state index contributed by atoms with van der Waals surface area (Å²) in [6.07, 6.45) is 0.571. The summed E-state index contributed by atoms with van der Waals surface area (Å²) in [5.74, 6) is -0.775. The van der Waals surface area contributed by atoms with Gasteiger partial charge in [-0.25, -0.2) is 0 Å². The van der Waals surface area contributed by atoms with Crippen molar-refractivity contribution in [2.24, 2.45) is 5.73 Å². The summed E-state index contributed by atoms with van der Waals surface area (Å²) >= 11 is 0. The van der Waals surface area contributed by atoms with E-state index in [0.29, 0.717) is 6.42 Å². The van der Waals surface area contributed by atoms with Crippen molar-refractivity contribution in [1.82, 2.24) is 10.6 Å². The van der Waals surface area contributed by atoms with Crippen LogP contribution in [0, 0.1) is 0 Å². The fourth-order valence-corrected chi connectivity index (χ4v) is 1.47. The van der Waals surface area contributed by atoms with Crippen LogP contribution in [-0.4, -0.2) is 31.4 Å². The molecule has 0 aromatic heterocycles. The van der Waals surface area contributed by atoms with Crippen molar-refractivity contribution in [2.75, 3.05) is 13.6 Å². The van der Waals surface area contributed by atoms with Crippen molar-refractivity contribution in [3.05, 3.63) is 35.9 Å². The van der Waals surface area contributed by atoms with Crippen LogP contribution in [-0.2, 0) is 16.0 Å². The molecule has 1 unspecified atom stereocenters. The van der Waals surface area contributed by atoms with Gasteiger partial charge in [-0.1, -0.05) is 30.3 Å². The molecule has 5 nitrogen and oxygen atoms in total. The Morgan fingerprint density at radius 3 is 2.47 bits per heavy atom. The highest BCUT2D eigenvalue weighted by molar-refractivity contribution is 5.86. The van der Waals surface area contributed by atoms with Crippen LogP contribution in [0.25, 0.3) is 0 Å². The number of rotatable bonds is 6. The summed E-state index contributed by atoms with van der Waals surface area (Å²) in [6.45, 7) is -0.133. The molecule has 0 radical (unpaired) electrons. The summed E-state index contributed by atoms with van der Waals surface area (Å²) in [7, 11) is 1.71. The molecule has 1 aromatic carbocycles. The van der Waals surface area contributed by atoms with Crippen molar-refractivity contribution in [3.8, 4) is 0 Å². The molecule has 0 fully saturated rings. The van der Waals surface area contributed by atoms with Crippen LogP contribution >= 0.6 is 0 Å². The van der Waals surface area contributed by atoms with Crippen LogP contribution in [0.15, 0.2) is 30.3 Å². The molecule has 1 atom stereocenters. The van der Waals surface area contributed by atoms with Gasteiger partial charge in [0.25, 0.3) is 0 Å². The highest BCUT2D eigenvalue weighted by Gasteiger charge is 2.16. The second-order valence-electron chi connectivity index (χ2n) is 3.72. The van der Waals surface area contributed by atoms with Crippen LogP contribution in [0.5, 0.6) is 0 Å². The first kappa shape index (κ1) is 13.2. The van der Waals surface area contributed by atoms with E-state index in [1.54, 1.807) is 7.05 Å². The minimum Gasteiger partial charge on any atom is -0.368 e. The van der Waals surface area contributed by atoms with E-state index in [4.69, 9.17) is 5.73 Å². The van der Waals surface area contributed by atoms with E-state index in [2.05, 4.69) is 10.6 Å². The van der Waals surface area contributed by atoms with Crippen molar-refractivity contribution in [3.63, 3.8) is 0 Å². The Morgan fingerprint density at radius 2 is 1.94 bits per heavy atom. The van der Waals surface area contributed by atoms with E-state index in [0.717, 1.165) is 5.56 Å². The molecule has 0 spiro atoms. The average molecular weight is 235 g/mol. The van der Waals surface area contributed by atoms with Gasteiger partial charge in [0.2, 0.25) is 11.8 Å². The monoisotopic (exact) mass is 235 g/mol. The molecular formula is C12H17N3O2. The zero-order valence-corrected chi connectivity index (χ0v) is 9.77. The number of benzene rings is 1. The molecule has 0 aliphatic heterocycles. The van der Waals surface area contributed by atoms with Gasteiger partial charge in [0, 0.05) is 0 Å². The summed E-state index contributed by atoms with van der Waals surface area (Å²) in [5.41, 5.74) is 6.02. The predicted octanol–water partition coefficient (Wildman–Crippen LogP) is -0.581. The number of carbonyl (C=O) groups is 2. The van der Waals surface area contributed by atoms with E-state index in [1.165, 1.54) is 0 Å². The Morgan fingerprint density at radius 1 is 1.29 bits per heavy atom. The Balaban J connectivity index is 2.53. The molecule has 2 amide bonds. The Bertz CT molecular complexity index is 379. The van der Waals surface area contributed by atoms with Crippen molar-refractivity contribution in [1.29, 1.82) is 0 Å². The van der Waals surface area contributed by atoms with E-state index in [9.17, 15) is 9.59 Å². The van der Waals surface area contributed by atoms with E-state index < -0.39 is 5.91 Å². The highest BCUT2D eigenvalue weighted by atomic mass is 16.2. The lowest BCUT2D eigenvalue weighted by molar-refractivity contribution is -0.126. The first-order valence-corrected chi connectivity index (χ1v) is 5.40. The Hall–Kier alpha value is -1.88. The maximum atomic E-state index is 11.7. The predicted molar refractivity (Wildman–Crippen MR) is 65.2 cm³/mol. The zero-order valence-electron chi connectivity index (χ0n) is 9.77. The van der Waals surface area contributed by atoms with Crippen molar-refractivity contribution < 1.29 is 9.59 Å². The lowest BCUT2D eigenvalue weighted by Gasteiger charge is -2.15. The SMILES string of the molecule is CNC(Cc1ccccc1)C(=O)NCC(N)=O. The van der Waals surface area contributed by atoms with Gasteiger partial charge >= 0.3 is 0 Å². The number of hydrogen-bond acceptors (Lipinski definition) is 3. The minimum atomic E-state index is -0.548. The van der Waals surface area contributed by atoms with Crippen molar-refractivity contribution in [2.45, 2.75) is 12.5 Å². The molecule has 0 aliphatic carbocycles. The third-order valence-electron chi connectivity index (χ3n) is 2.38. The highest BCUT2D eigenvalue weighted by Crippen LogP contribution is 2.02. The van der Waals surface area contributed by atoms with Gasteiger partial charge in [0.1, 0.15) is 0 Å². The van der Waals surface area contributed by atoms with Gasteiger partial charge in [-0.15, -0.1) is 0 Å². The Kier molecular flexibility index (Phi) is 5.16. The topological polar surface area (TPSA) is 84.2 Å². The fourth-order valence-electron chi connectivity index (χ4n) is 1.47. The van der Waals surface area contributed by atoms with Gasteiger partial charge in [-0.05, 0) is 19.0 Å². The van der Waals surface area contributed by atoms with Crippen LogP contribution in [0.3, 0.4) is 0 Å². The minimum absolute atomic E-state index is 0.133. The lowest BCUT2D eigenvalue weighted by atomic mass is 10.1. The molecule has 0 saturated heterocycles. The number of primary amides is 1. The molecule has 17 heavy (non-hydrogen) atoms. The number of nitrogens with two attached hydrogens (primary N) is 1. The molecule has 0 aliphatic rings.